The van der Waals surface area contributed by atoms with Gasteiger partial charge >= 0.3 is 5.97 Å². The zero-order valence-electron chi connectivity index (χ0n) is 10.1. The Morgan fingerprint density at radius 3 is 2.67 bits per heavy atom. The summed E-state index contributed by atoms with van der Waals surface area (Å²) >= 11 is 7.40. The van der Waals surface area contributed by atoms with E-state index in [9.17, 15) is 9.59 Å². The Balaban J connectivity index is 2.74. The van der Waals surface area contributed by atoms with Gasteiger partial charge in [0.15, 0.2) is 0 Å². The van der Waals surface area contributed by atoms with Crippen molar-refractivity contribution in [2.24, 2.45) is 0 Å². The predicted octanol–water partition coefficient (Wildman–Crippen LogP) is 3.12. The van der Waals surface area contributed by atoms with Gasteiger partial charge in [0, 0.05) is 0 Å². The lowest BCUT2D eigenvalue weighted by atomic mass is 10.2. The Morgan fingerprint density at radius 1 is 1.44 bits per heavy atom. The van der Waals surface area contributed by atoms with Crippen molar-refractivity contribution in [1.29, 1.82) is 0 Å². The van der Waals surface area contributed by atoms with Crippen LogP contribution in [0, 0.1) is 0 Å². The highest BCUT2D eigenvalue weighted by Crippen LogP contribution is 2.23. The first-order valence-corrected chi connectivity index (χ1v) is 6.77. The van der Waals surface area contributed by atoms with E-state index < -0.39 is 5.97 Å². The summed E-state index contributed by atoms with van der Waals surface area (Å²) < 4.78 is 0. The Kier molecular flexibility index (Phi) is 5.50. The molecule has 0 spiro atoms. The number of thioether (sulfide) groups is 1. The van der Waals surface area contributed by atoms with Crippen LogP contribution in [0.1, 0.15) is 24.2 Å². The molecule has 0 heterocycles. The molecule has 0 saturated heterocycles. The van der Waals surface area contributed by atoms with Crippen molar-refractivity contribution in [2.45, 2.75) is 19.1 Å². The highest BCUT2D eigenvalue weighted by molar-refractivity contribution is 8.00. The van der Waals surface area contributed by atoms with Crippen LogP contribution in [-0.4, -0.2) is 28.0 Å². The summed E-state index contributed by atoms with van der Waals surface area (Å²) in [6.45, 7) is 3.99. The summed E-state index contributed by atoms with van der Waals surface area (Å²) in [7, 11) is 0. The maximum absolute atomic E-state index is 11.6. The first-order chi connectivity index (χ1) is 8.40. The Morgan fingerprint density at radius 2 is 2.11 bits per heavy atom. The first kappa shape index (κ1) is 14.9. The minimum absolute atomic E-state index is 0.0891. The fraction of sp³-hybridized carbons (Fsp3) is 0.333. The molecule has 0 bridgehead atoms. The second-order valence-electron chi connectivity index (χ2n) is 3.91. The van der Waals surface area contributed by atoms with Crippen molar-refractivity contribution in [1.82, 2.24) is 0 Å². The Labute approximate surface area is 115 Å². The van der Waals surface area contributed by atoms with Gasteiger partial charge in [-0.05, 0) is 23.4 Å². The maximum Gasteiger partial charge on any atom is 0.335 e. The van der Waals surface area contributed by atoms with Crippen molar-refractivity contribution in [3.8, 4) is 0 Å². The van der Waals surface area contributed by atoms with Crippen LogP contribution in [0.15, 0.2) is 18.2 Å². The molecule has 18 heavy (non-hydrogen) atoms. The smallest absolute Gasteiger partial charge is 0.335 e. The summed E-state index contributed by atoms with van der Waals surface area (Å²) in [6.07, 6.45) is 0. The molecule has 0 aliphatic heterocycles. The van der Waals surface area contributed by atoms with Gasteiger partial charge in [0.2, 0.25) is 5.91 Å². The van der Waals surface area contributed by atoms with E-state index >= 15 is 0 Å². The topological polar surface area (TPSA) is 66.4 Å². The molecule has 0 radical (unpaired) electrons. The molecule has 1 amide bonds. The van der Waals surface area contributed by atoms with Crippen LogP contribution >= 0.6 is 23.4 Å². The van der Waals surface area contributed by atoms with Crippen LogP contribution in [0.4, 0.5) is 5.69 Å². The summed E-state index contributed by atoms with van der Waals surface area (Å²) in [5.41, 5.74) is 0.414. The quantitative estimate of drug-likeness (QED) is 0.873. The van der Waals surface area contributed by atoms with E-state index in [1.165, 1.54) is 30.0 Å². The molecule has 0 aliphatic rings. The van der Waals surface area contributed by atoms with Gasteiger partial charge in [-0.1, -0.05) is 25.4 Å². The SMILES string of the molecule is CC(C)SCC(=O)Nc1cc(C(=O)O)ccc1Cl. The molecular formula is C12H14ClNO3S. The molecule has 98 valence electrons. The van der Waals surface area contributed by atoms with Gasteiger partial charge in [0.05, 0.1) is 22.0 Å². The van der Waals surface area contributed by atoms with E-state index in [1.807, 2.05) is 13.8 Å². The lowest BCUT2D eigenvalue weighted by Gasteiger charge is -2.09. The van der Waals surface area contributed by atoms with E-state index in [4.69, 9.17) is 16.7 Å². The number of benzene rings is 1. The number of anilines is 1. The number of nitrogens with one attached hydrogen (secondary N) is 1. The summed E-state index contributed by atoms with van der Waals surface area (Å²) in [4.78, 5) is 22.4. The van der Waals surface area contributed by atoms with Crippen molar-refractivity contribution >= 4 is 40.9 Å². The number of carboxylic acids is 1. The molecule has 0 atom stereocenters. The molecule has 2 N–H and O–H groups in total. The Hall–Kier alpha value is -1.20. The first-order valence-electron chi connectivity index (χ1n) is 5.34. The lowest BCUT2D eigenvalue weighted by molar-refractivity contribution is -0.113. The maximum atomic E-state index is 11.6. The zero-order valence-corrected chi connectivity index (χ0v) is 11.6. The van der Waals surface area contributed by atoms with Gasteiger partial charge in [-0.3, -0.25) is 4.79 Å². The molecular weight excluding hydrogens is 274 g/mol. The fourth-order valence-electron chi connectivity index (χ4n) is 1.18. The van der Waals surface area contributed by atoms with E-state index in [0.717, 1.165) is 0 Å². The second-order valence-corrected chi connectivity index (χ2v) is 5.88. The molecule has 0 aliphatic carbocycles. The number of aromatic carboxylic acids is 1. The van der Waals surface area contributed by atoms with Gasteiger partial charge in [-0.2, -0.15) is 0 Å². The molecule has 1 rings (SSSR count). The third-order valence-corrected chi connectivity index (χ3v) is 3.46. The molecule has 0 unspecified atom stereocenters. The van der Waals surface area contributed by atoms with Crippen molar-refractivity contribution in [2.75, 3.05) is 11.1 Å². The molecule has 1 aromatic rings. The van der Waals surface area contributed by atoms with Crippen LogP contribution in [0.5, 0.6) is 0 Å². The molecule has 0 fully saturated rings. The van der Waals surface area contributed by atoms with E-state index in [1.54, 1.807) is 0 Å². The van der Waals surface area contributed by atoms with Gasteiger partial charge in [0.1, 0.15) is 0 Å². The Bertz CT molecular complexity index is 463. The van der Waals surface area contributed by atoms with Crippen molar-refractivity contribution in [3.05, 3.63) is 28.8 Å². The molecule has 0 aromatic heterocycles. The average Bonchev–Trinajstić information content (AvgIpc) is 2.29. The number of amides is 1. The second kappa shape index (κ2) is 6.66. The van der Waals surface area contributed by atoms with Gasteiger partial charge in [0.25, 0.3) is 0 Å². The van der Waals surface area contributed by atoms with Crippen molar-refractivity contribution < 1.29 is 14.7 Å². The van der Waals surface area contributed by atoms with E-state index in [2.05, 4.69) is 5.32 Å². The predicted molar refractivity (Wildman–Crippen MR) is 74.6 cm³/mol. The average molecular weight is 288 g/mol. The van der Waals surface area contributed by atoms with Crippen LogP contribution in [0.2, 0.25) is 5.02 Å². The highest BCUT2D eigenvalue weighted by Gasteiger charge is 2.10. The molecule has 1 aromatic carbocycles. The van der Waals surface area contributed by atoms with Crippen molar-refractivity contribution in [3.63, 3.8) is 0 Å². The summed E-state index contributed by atoms with van der Waals surface area (Å²) in [6, 6.07) is 4.20. The normalized spacial score (nSPS) is 10.4. The monoisotopic (exact) mass is 287 g/mol. The number of carbonyl (C=O) groups excluding carboxylic acids is 1. The van der Waals surface area contributed by atoms with Gasteiger partial charge < -0.3 is 10.4 Å². The summed E-state index contributed by atoms with van der Waals surface area (Å²) in [5.74, 6) is -0.942. The number of carboxylic acid groups (broad SMARTS) is 1. The van der Waals surface area contributed by atoms with E-state index in [0.29, 0.717) is 21.7 Å². The third kappa shape index (κ3) is 4.58. The number of hydrogen-bond donors (Lipinski definition) is 2. The fourth-order valence-corrected chi connectivity index (χ4v) is 1.90. The number of rotatable bonds is 5. The minimum Gasteiger partial charge on any atom is -0.478 e. The lowest BCUT2D eigenvalue weighted by Crippen LogP contribution is -2.16. The zero-order chi connectivity index (χ0) is 13.7. The number of halogens is 1. The third-order valence-electron chi connectivity index (χ3n) is 2.04. The molecule has 6 heteroatoms. The van der Waals surface area contributed by atoms with E-state index in [-0.39, 0.29) is 11.5 Å². The molecule has 0 saturated carbocycles. The van der Waals surface area contributed by atoms with Crippen LogP contribution in [-0.2, 0) is 4.79 Å². The molecule has 4 nitrogen and oxygen atoms in total. The van der Waals surface area contributed by atoms with Crippen LogP contribution in [0.25, 0.3) is 0 Å². The van der Waals surface area contributed by atoms with Gasteiger partial charge in [-0.25, -0.2) is 4.79 Å². The minimum atomic E-state index is -1.06. The largest absolute Gasteiger partial charge is 0.478 e. The summed E-state index contributed by atoms with van der Waals surface area (Å²) in [5, 5.41) is 12.1. The number of carbonyl (C=O) groups is 2. The van der Waals surface area contributed by atoms with Crippen LogP contribution in [0.3, 0.4) is 0 Å². The number of hydrogen-bond acceptors (Lipinski definition) is 3. The highest BCUT2D eigenvalue weighted by atomic mass is 35.5. The standard InChI is InChI=1S/C12H14ClNO3S/c1-7(2)18-6-11(15)14-10-5-8(12(16)17)3-4-9(10)13/h3-5,7H,6H2,1-2H3,(H,14,15)(H,16,17). The van der Waals surface area contributed by atoms with Crippen LogP contribution < -0.4 is 5.32 Å². The van der Waals surface area contributed by atoms with Gasteiger partial charge in [-0.15, -0.1) is 11.8 Å².